The molecule has 0 aromatic heterocycles. The molecule has 2 N–H and O–H groups in total. The number of ether oxygens (including phenoxy) is 1. The summed E-state index contributed by atoms with van der Waals surface area (Å²) >= 11 is 0. The molecule has 0 fully saturated rings. The zero-order valence-electron chi connectivity index (χ0n) is 16.8. The molecular weight excluding hydrogens is 312 g/mol. The van der Waals surface area contributed by atoms with Crippen LogP contribution in [0.2, 0.25) is 0 Å². The fourth-order valence-electron chi connectivity index (χ4n) is 2.96. The molecule has 0 aliphatic carbocycles. The van der Waals surface area contributed by atoms with Crippen LogP contribution >= 0.6 is 0 Å². The topological polar surface area (TPSA) is 48.9 Å². The van der Waals surface area contributed by atoms with Gasteiger partial charge in [0.2, 0.25) is 0 Å². The molecule has 0 unspecified atom stereocenters. The number of aliphatic imine (C=N–C) groups is 1. The van der Waals surface area contributed by atoms with E-state index in [1.165, 1.54) is 5.56 Å². The Balaban J connectivity index is 2.28. The van der Waals surface area contributed by atoms with Crippen molar-refractivity contribution in [1.82, 2.24) is 15.5 Å². The Kier molecular flexibility index (Phi) is 10.0. The summed E-state index contributed by atoms with van der Waals surface area (Å²) < 4.78 is 5.27. The van der Waals surface area contributed by atoms with Gasteiger partial charge in [-0.3, -0.25) is 9.89 Å². The van der Waals surface area contributed by atoms with Crippen LogP contribution < -0.4 is 15.4 Å². The second kappa shape index (κ2) is 11.7. The molecule has 142 valence electrons. The van der Waals surface area contributed by atoms with Gasteiger partial charge in [-0.2, -0.15) is 0 Å². The molecule has 0 heterocycles. The Morgan fingerprint density at radius 2 is 1.80 bits per heavy atom. The Bertz CT molecular complexity index is 506. The van der Waals surface area contributed by atoms with E-state index < -0.39 is 0 Å². The van der Waals surface area contributed by atoms with Gasteiger partial charge in [0.25, 0.3) is 0 Å². The van der Waals surface area contributed by atoms with Crippen LogP contribution in [0.3, 0.4) is 0 Å². The molecule has 1 aromatic carbocycles. The second-order valence-electron chi connectivity index (χ2n) is 6.81. The summed E-state index contributed by atoms with van der Waals surface area (Å²) in [6, 6.07) is 9.36. The number of methoxy groups -OCH3 is 1. The Labute approximate surface area is 153 Å². The van der Waals surface area contributed by atoms with Crippen molar-refractivity contribution in [1.29, 1.82) is 0 Å². The van der Waals surface area contributed by atoms with Gasteiger partial charge in [-0.05, 0) is 58.2 Å². The van der Waals surface area contributed by atoms with Gasteiger partial charge in [-0.15, -0.1) is 0 Å². The molecule has 0 aliphatic heterocycles. The zero-order chi connectivity index (χ0) is 18.7. The van der Waals surface area contributed by atoms with Crippen molar-refractivity contribution in [3.8, 4) is 5.75 Å². The maximum atomic E-state index is 5.27. The third-order valence-corrected chi connectivity index (χ3v) is 4.28. The number of guanidine groups is 1. The number of rotatable bonds is 10. The first-order valence-electron chi connectivity index (χ1n) is 9.31. The van der Waals surface area contributed by atoms with Crippen LogP contribution in [0.15, 0.2) is 29.3 Å². The van der Waals surface area contributed by atoms with E-state index in [1.54, 1.807) is 7.11 Å². The van der Waals surface area contributed by atoms with Crippen molar-refractivity contribution in [2.45, 2.75) is 52.6 Å². The molecule has 0 amide bonds. The van der Waals surface area contributed by atoms with E-state index in [0.717, 1.165) is 44.2 Å². The predicted molar refractivity (Wildman–Crippen MR) is 108 cm³/mol. The van der Waals surface area contributed by atoms with Gasteiger partial charge in [0.1, 0.15) is 5.75 Å². The minimum Gasteiger partial charge on any atom is -0.497 e. The maximum absolute atomic E-state index is 5.27. The molecule has 0 saturated heterocycles. The van der Waals surface area contributed by atoms with Gasteiger partial charge < -0.3 is 15.4 Å². The Morgan fingerprint density at radius 1 is 1.12 bits per heavy atom. The normalized spacial score (nSPS) is 12.1. The van der Waals surface area contributed by atoms with Crippen molar-refractivity contribution in [3.05, 3.63) is 29.8 Å². The van der Waals surface area contributed by atoms with Crippen molar-refractivity contribution in [2.24, 2.45) is 4.99 Å². The summed E-state index contributed by atoms with van der Waals surface area (Å²) in [6.45, 7) is 11.8. The highest BCUT2D eigenvalue weighted by Crippen LogP contribution is 2.13. The molecule has 0 aliphatic rings. The molecule has 25 heavy (non-hydrogen) atoms. The molecule has 0 spiro atoms. The van der Waals surface area contributed by atoms with Crippen molar-refractivity contribution in [2.75, 3.05) is 33.8 Å². The molecule has 5 heteroatoms. The lowest BCUT2D eigenvalue weighted by Crippen LogP contribution is -2.45. The fraction of sp³-hybridized carbons (Fsp3) is 0.650. The van der Waals surface area contributed by atoms with Gasteiger partial charge in [0.05, 0.1) is 7.11 Å². The highest BCUT2D eigenvalue weighted by Gasteiger charge is 2.12. The minimum atomic E-state index is 0.555. The van der Waals surface area contributed by atoms with Crippen molar-refractivity contribution in [3.63, 3.8) is 0 Å². The summed E-state index contributed by atoms with van der Waals surface area (Å²) in [6.07, 6.45) is 2.08. The van der Waals surface area contributed by atoms with Gasteiger partial charge in [-0.25, -0.2) is 0 Å². The van der Waals surface area contributed by atoms with E-state index in [9.17, 15) is 0 Å². The quantitative estimate of drug-likeness (QED) is 0.388. The van der Waals surface area contributed by atoms with Crippen LogP contribution in [-0.4, -0.2) is 56.7 Å². The Morgan fingerprint density at radius 3 is 2.40 bits per heavy atom. The van der Waals surface area contributed by atoms with Gasteiger partial charge in [0, 0.05) is 38.8 Å². The van der Waals surface area contributed by atoms with E-state index in [4.69, 9.17) is 4.74 Å². The molecule has 0 radical (unpaired) electrons. The van der Waals surface area contributed by atoms with Crippen LogP contribution in [0.1, 0.15) is 39.7 Å². The number of nitrogens with zero attached hydrogens (tertiary/aromatic N) is 2. The van der Waals surface area contributed by atoms with E-state index >= 15 is 0 Å². The molecule has 0 atom stereocenters. The van der Waals surface area contributed by atoms with E-state index in [2.05, 4.69) is 60.4 Å². The molecule has 0 bridgehead atoms. The fourth-order valence-corrected chi connectivity index (χ4v) is 2.96. The van der Waals surface area contributed by atoms with Gasteiger partial charge >= 0.3 is 0 Å². The molecule has 0 saturated carbocycles. The number of hydrogen-bond donors (Lipinski definition) is 2. The van der Waals surface area contributed by atoms with Crippen LogP contribution in [0.5, 0.6) is 5.75 Å². The monoisotopic (exact) mass is 348 g/mol. The van der Waals surface area contributed by atoms with Crippen LogP contribution in [0, 0.1) is 0 Å². The van der Waals surface area contributed by atoms with Crippen LogP contribution in [0.25, 0.3) is 0 Å². The smallest absolute Gasteiger partial charge is 0.191 e. The number of benzene rings is 1. The standard InChI is InChI=1S/C20H36N4O/c1-16(2)24(17(3)4)14-13-23-20(21-5)22-12-8-10-18-9-7-11-19(15-18)25-6/h7,9,11,15-17H,8,10,12-14H2,1-6H3,(H2,21,22,23). The maximum Gasteiger partial charge on any atom is 0.191 e. The summed E-state index contributed by atoms with van der Waals surface area (Å²) in [7, 11) is 3.52. The third kappa shape index (κ3) is 8.25. The summed E-state index contributed by atoms with van der Waals surface area (Å²) in [4.78, 5) is 6.78. The van der Waals surface area contributed by atoms with Gasteiger partial charge in [-0.1, -0.05) is 12.1 Å². The van der Waals surface area contributed by atoms with Crippen LogP contribution in [0.4, 0.5) is 0 Å². The summed E-state index contributed by atoms with van der Waals surface area (Å²) in [5.41, 5.74) is 1.30. The average molecular weight is 349 g/mol. The third-order valence-electron chi connectivity index (χ3n) is 4.28. The lowest BCUT2D eigenvalue weighted by Gasteiger charge is -2.30. The largest absolute Gasteiger partial charge is 0.497 e. The summed E-state index contributed by atoms with van der Waals surface area (Å²) in [5.74, 6) is 1.79. The number of hydrogen-bond acceptors (Lipinski definition) is 3. The van der Waals surface area contributed by atoms with Crippen LogP contribution in [-0.2, 0) is 6.42 Å². The number of nitrogens with one attached hydrogen (secondary N) is 2. The van der Waals surface area contributed by atoms with Gasteiger partial charge in [0.15, 0.2) is 5.96 Å². The minimum absolute atomic E-state index is 0.555. The molecular formula is C20H36N4O. The highest BCUT2D eigenvalue weighted by molar-refractivity contribution is 5.79. The van der Waals surface area contributed by atoms with E-state index in [1.807, 2.05) is 19.2 Å². The highest BCUT2D eigenvalue weighted by atomic mass is 16.5. The first-order valence-corrected chi connectivity index (χ1v) is 9.31. The first-order chi connectivity index (χ1) is 12.0. The molecule has 1 aromatic rings. The summed E-state index contributed by atoms with van der Waals surface area (Å²) in [5, 5.41) is 6.79. The predicted octanol–water partition coefficient (Wildman–Crippen LogP) is 2.91. The SMILES string of the molecule is CN=C(NCCCc1cccc(OC)c1)NCCN(C(C)C)C(C)C. The molecule has 1 rings (SSSR count). The number of aryl methyl sites for hydroxylation is 1. The lowest BCUT2D eigenvalue weighted by molar-refractivity contribution is 0.178. The average Bonchev–Trinajstić information content (AvgIpc) is 2.59. The zero-order valence-corrected chi connectivity index (χ0v) is 16.8. The molecule has 5 nitrogen and oxygen atoms in total. The van der Waals surface area contributed by atoms with E-state index in [0.29, 0.717) is 12.1 Å². The van der Waals surface area contributed by atoms with Crippen molar-refractivity contribution >= 4 is 5.96 Å². The van der Waals surface area contributed by atoms with E-state index in [-0.39, 0.29) is 0 Å². The second-order valence-corrected chi connectivity index (χ2v) is 6.81. The first kappa shape index (κ1) is 21.3. The lowest BCUT2D eigenvalue weighted by atomic mass is 10.1. The Hall–Kier alpha value is -1.75. The van der Waals surface area contributed by atoms with Crippen molar-refractivity contribution < 1.29 is 4.74 Å².